The highest BCUT2D eigenvalue weighted by Gasteiger charge is 2.15. The highest BCUT2D eigenvalue weighted by Crippen LogP contribution is 2.18. The second-order valence-electron chi connectivity index (χ2n) is 4.50. The minimum Gasteiger partial charge on any atom is -0.493 e. The smallest absolute Gasteiger partial charge is 0.225 e. The maximum atomic E-state index is 11.9. The number of piperidine rings is 1. The molecular weight excluding hydrogens is 294 g/mol. The van der Waals surface area contributed by atoms with Crippen LogP contribution in [0.15, 0.2) is 28.7 Å². The zero-order chi connectivity index (χ0) is 12.8. The summed E-state index contributed by atoms with van der Waals surface area (Å²) in [7, 11) is 0. The molecule has 0 bridgehead atoms. The molecular formula is C14H18BrNO2. The number of amides is 1. The molecule has 0 radical (unpaired) electrons. The fourth-order valence-corrected chi connectivity index (χ4v) is 2.49. The van der Waals surface area contributed by atoms with Crippen LogP contribution in [0, 0.1) is 0 Å². The third-order valence-electron chi connectivity index (χ3n) is 3.09. The second kappa shape index (κ2) is 6.78. The molecule has 1 aromatic rings. The summed E-state index contributed by atoms with van der Waals surface area (Å²) in [4.78, 5) is 13.8. The number of rotatable bonds is 4. The standard InChI is InChI=1S/C14H18BrNO2/c15-12-5-4-6-13(11-12)18-10-7-14(17)16-8-2-1-3-9-16/h4-6,11H,1-3,7-10H2. The van der Waals surface area contributed by atoms with Crippen molar-refractivity contribution in [2.45, 2.75) is 25.7 Å². The first kappa shape index (κ1) is 13.4. The second-order valence-corrected chi connectivity index (χ2v) is 5.41. The molecule has 1 fully saturated rings. The van der Waals surface area contributed by atoms with E-state index >= 15 is 0 Å². The Kier molecular flexibility index (Phi) is 5.05. The van der Waals surface area contributed by atoms with Gasteiger partial charge in [0, 0.05) is 17.6 Å². The topological polar surface area (TPSA) is 29.5 Å². The fourth-order valence-electron chi connectivity index (χ4n) is 2.11. The molecule has 4 heteroatoms. The van der Waals surface area contributed by atoms with E-state index in [2.05, 4.69) is 15.9 Å². The minimum absolute atomic E-state index is 0.213. The van der Waals surface area contributed by atoms with E-state index in [0.717, 1.165) is 36.2 Å². The maximum absolute atomic E-state index is 11.9. The Bertz CT molecular complexity index is 403. The zero-order valence-corrected chi connectivity index (χ0v) is 12.0. The lowest BCUT2D eigenvalue weighted by Crippen LogP contribution is -2.36. The average molecular weight is 312 g/mol. The molecule has 0 spiro atoms. The molecule has 1 aliphatic heterocycles. The first-order valence-electron chi connectivity index (χ1n) is 6.42. The van der Waals surface area contributed by atoms with Crippen LogP contribution >= 0.6 is 15.9 Å². The van der Waals surface area contributed by atoms with Crippen molar-refractivity contribution in [1.82, 2.24) is 4.90 Å². The molecule has 0 saturated carbocycles. The lowest BCUT2D eigenvalue weighted by atomic mass is 10.1. The van der Waals surface area contributed by atoms with Crippen LogP contribution in [-0.2, 0) is 4.79 Å². The SMILES string of the molecule is O=C(CCOc1cccc(Br)c1)N1CCCCC1. The van der Waals surface area contributed by atoms with Crippen molar-refractivity contribution in [1.29, 1.82) is 0 Å². The highest BCUT2D eigenvalue weighted by molar-refractivity contribution is 9.10. The normalized spacial score (nSPS) is 15.5. The van der Waals surface area contributed by atoms with Gasteiger partial charge >= 0.3 is 0 Å². The molecule has 1 aromatic carbocycles. The predicted octanol–water partition coefficient (Wildman–Crippen LogP) is 3.23. The Hall–Kier alpha value is -1.03. The number of hydrogen-bond acceptors (Lipinski definition) is 2. The number of ether oxygens (including phenoxy) is 1. The lowest BCUT2D eigenvalue weighted by molar-refractivity contribution is -0.132. The number of halogens is 1. The van der Waals surface area contributed by atoms with E-state index < -0.39 is 0 Å². The predicted molar refractivity (Wildman–Crippen MR) is 74.7 cm³/mol. The molecule has 18 heavy (non-hydrogen) atoms. The van der Waals surface area contributed by atoms with Crippen LogP contribution in [0.3, 0.4) is 0 Å². The summed E-state index contributed by atoms with van der Waals surface area (Å²) in [5, 5.41) is 0. The number of carbonyl (C=O) groups is 1. The van der Waals surface area contributed by atoms with Gasteiger partial charge in [0.15, 0.2) is 0 Å². The molecule has 1 aliphatic rings. The van der Waals surface area contributed by atoms with E-state index in [1.54, 1.807) is 0 Å². The first-order valence-corrected chi connectivity index (χ1v) is 7.21. The van der Waals surface area contributed by atoms with Crippen molar-refractivity contribution in [3.63, 3.8) is 0 Å². The number of hydrogen-bond donors (Lipinski definition) is 0. The van der Waals surface area contributed by atoms with E-state index in [1.807, 2.05) is 29.2 Å². The Morgan fingerprint density at radius 2 is 2.06 bits per heavy atom. The molecule has 0 unspecified atom stereocenters. The van der Waals surface area contributed by atoms with Gasteiger partial charge in [-0.1, -0.05) is 22.0 Å². The molecule has 0 aromatic heterocycles. The van der Waals surface area contributed by atoms with Crippen molar-refractivity contribution in [3.8, 4) is 5.75 Å². The Balaban J connectivity index is 1.73. The third-order valence-corrected chi connectivity index (χ3v) is 3.58. The summed E-state index contributed by atoms with van der Waals surface area (Å²) in [5.74, 6) is 1.01. The molecule has 0 N–H and O–H groups in total. The van der Waals surface area contributed by atoms with Crippen LogP contribution in [0.5, 0.6) is 5.75 Å². The van der Waals surface area contributed by atoms with Crippen molar-refractivity contribution in [3.05, 3.63) is 28.7 Å². The van der Waals surface area contributed by atoms with Crippen molar-refractivity contribution in [2.24, 2.45) is 0 Å². The van der Waals surface area contributed by atoms with Gasteiger partial charge in [-0.15, -0.1) is 0 Å². The molecule has 3 nitrogen and oxygen atoms in total. The van der Waals surface area contributed by atoms with Gasteiger partial charge in [0.1, 0.15) is 5.75 Å². The molecule has 1 saturated heterocycles. The van der Waals surface area contributed by atoms with Gasteiger partial charge in [0.2, 0.25) is 5.91 Å². The molecule has 1 amide bonds. The van der Waals surface area contributed by atoms with Gasteiger partial charge in [0.25, 0.3) is 0 Å². The summed E-state index contributed by atoms with van der Waals surface area (Å²) >= 11 is 3.39. The van der Waals surface area contributed by atoms with Gasteiger partial charge in [0.05, 0.1) is 13.0 Å². The summed E-state index contributed by atoms with van der Waals surface area (Å²) < 4.78 is 6.56. The number of carbonyl (C=O) groups excluding carboxylic acids is 1. The molecule has 1 heterocycles. The van der Waals surface area contributed by atoms with Gasteiger partial charge in [-0.2, -0.15) is 0 Å². The van der Waals surface area contributed by atoms with Crippen LogP contribution in [0.4, 0.5) is 0 Å². The lowest BCUT2D eigenvalue weighted by Gasteiger charge is -2.26. The summed E-state index contributed by atoms with van der Waals surface area (Å²) in [6.45, 7) is 2.28. The van der Waals surface area contributed by atoms with Crippen LogP contribution in [0.1, 0.15) is 25.7 Å². The van der Waals surface area contributed by atoms with E-state index in [4.69, 9.17) is 4.74 Å². The first-order chi connectivity index (χ1) is 8.75. The Labute approximate surface area is 116 Å². The van der Waals surface area contributed by atoms with E-state index in [-0.39, 0.29) is 5.91 Å². The summed E-state index contributed by atoms with van der Waals surface area (Å²) in [5.41, 5.74) is 0. The van der Waals surface area contributed by atoms with Gasteiger partial charge < -0.3 is 9.64 Å². The van der Waals surface area contributed by atoms with E-state index in [0.29, 0.717) is 13.0 Å². The summed E-state index contributed by atoms with van der Waals surface area (Å²) in [6, 6.07) is 7.68. The minimum atomic E-state index is 0.213. The third kappa shape index (κ3) is 4.02. The van der Waals surface area contributed by atoms with Crippen LogP contribution in [-0.4, -0.2) is 30.5 Å². The van der Waals surface area contributed by atoms with Crippen molar-refractivity contribution >= 4 is 21.8 Å². The Morgan fingerprint density at radius 1 is 1.28 bits per heavy atom. The number of likely N-dealkylation sites (tertiary alicyclic amines) is 1. The maximum Gasteiger partial charge on any atom is 0.225 e. The number of benzene rings is 1. The quantitative estimate of drug-likeness (QED) is 0.854. The van der Waals surface area contributed by atoms with Crippen LogP contribution in [0.25, 0.3) is 0 Å². The fraction of sp³-hybridized carbons (Fsp3) is 0.500. The molecule has 0 atom stereocenters. The van der Waals surface area contributed by atoms with Gasteiger partial charge in [-0.25, -0.2) is 0 Å². The monoisotopic (exact) mass is 311 g/mol. The highest BCUT2D eigenvalue weighted by atomic mass is 79.9. The Morgan fingerprint density at radius 3 is 2.78 bits per heavy atom. The largest absolute Gasteiger partial charge is 0.493 e. The summed E-state index contributed by atoms with van der Waals surface area (Å²) in [6.07, 6.45) is 3.99. The number of nitrogens with zero attached hydrogens (tertiary/aromatic N) is 1. The van der Waals surface area contributed by atoms with Crippen LogP contribution < -0.4 is 4.74 Å². The van der Waals surface area contributed by atoms with Crippen LogP contribution in [0.2, 0.25) is 0 Å². The van der Waals surface area contributed by atoms with Crippen molar-refractivity contribution < 1.29 is 9.53 Å². The average Bonchev–Trinajstić information content (AvgIpc) is 2.40. The zero-order valence-electron chi connectivity index (χ0n) is 10.4. The van der Waals surface area contributed by atoms with E-state index in [9.17, 15) is 4.79 Å². The molecule has 0 aliphatic carbocycles. The van der Waals surface area contributed by atoms with Gasteiger partial charge in [-0.3, -0.25) is 4.79 Å². The van der Waals surface area contributed by atoms with Gasteiger partial charge in [-0.05, 0) is 37.5 Å². The molecule has 2 rings (SSSR count). The molecule has 98 valence electrons. The van der Waals surface area contributed by atoms with Crippen molar-refractivity contribution in [2.75, 3.05) is 19.7 Å². The van der Waals surface area contributed by atoms with E-state index in [1.165, 1.54) is 6.42 Å².